The molecule has 1 N–H and O–H groups in total. The van der Waals surface area contributed by atoms with E-state index in [0.29, 0.717) is 29.5 Å². The third kappa shape index (κ3) is 8.43. The van der Waals surface area contributed by atoms with E-state index in [1.807, 2.05) is 13.8 Å². The normalized spacial score (nSPS) is 11.9. The van der Waals surface area contributed by atoms with Gasteiger partial charge in [-0.15, -0.1) is 0 Å². The SMILES string of the molecule is CCCCNC(=O)C(C)N(Cc1ccccc1Cl)C(=O)CN(c1ccc(OCC)cc1)S(=O)(=O)c1ccc(F)cc1. The number of nitrogens with one attached hydrogen (secondary N) is 1. The first kappa shape index (κ1) is 31.9. The minimum Gasteiger partial charge on any atom is -0.494 e. The van der Waals surface area contributed by atoms with E-state index in [1.54, 1.807) is 43.3 Å². The zero-order valence-electron chi connectivity index (χ0n) is 23.3. The molecule has 0 aromatic heterocycles. The van der Waals surface area contributed by atoms with Crippen molar-refractivity contribution in [3.05, 3.63) is 89.2 Å². The smallest absolute Gasteiger partial charge is 0.264 e. The lowest BCUT2D eigenvalue weighted by Crippen LogP contribution is -2.51. The average molecular weight is 604 g/mol. The van der Waals surface area contributed by atoms with Crippen LogP contribution in [0.3, 0.4) is 0 Å². The van der Waals surface area contributed by atoms with Gasteiger partial charge < -0.3 is 15.0 Å². The van der Waals surface area contributed by atoms with Gasteiger partial charge in [-0.25, -0.2) is 12.8 Å². The fourth-order valence-electron chi connectivity index (χ4n) is 4.07. The predicted octanol–water partition coefficient (Wildman–Crippen LogP) is 5.41. The maximum atomic E-state index is 13.9. The molecule has 0 aliphatic rings. The molecule has 8 nitrogen and oxygen atoms in total. The minimum absolute atomic E-state index is 0.0193. The van der Waals surface area contributed by atoms with E-state index in [1.165, 1.54) is 17.0 Å². The van der Waals surface area contributed by atoms with Gasteiger partial charge >= 0.3 is 0 Å². The van der Waals surface area contributed by atoms with Crippen LogP contribution in [0.4, 0.5) is 10.1 Å². The summed E-state index contributed by atoms with van der Waals surface area (Å²) in [5.41, 5.74) is 0.800. The topological polar surface area (TPSA) is 96.0 Å². The van der Waals surface area contributed by atoms with Crippen molar-refractivity contribution in [2.75, 3.05) is 24.0 Å². The second-order valence-corrected chi connectivity index (χ2v) is 11.6. The van der Waals surface area contributed by atoms with E-state index in [-0.39, 0.29) is 23.0 Å². The van der Waals surface area contributed by atoms with Gasteiger partial charge in [0.2, 0.25) is 11.8 Å². The monoisotopic (exact) mass is 603 g/mol. The van der Waals surface area contributed by atoms with Crippen LogP contribution in [0.2, 0.25) is 5.02 Å². The molecule has 0 heterocycles. The Morgan fingerprint density at radius 3 is 2.27 bits per heavy atom. The second kappa shape index (κ2) is 14.8. The number of halogens is 2. The Hall–Kier alpha value is -3.63. The molecular weight excluding hydrogens is 569 g/mol. The molecule has 3 rings (SSSR count). The van der Waals surface area contributed by atoms with Crippen molar-refractivity contribution in [1.29, 1.82) is 0 Å². The fraction of sp³-hybridized carbons (Fsp3) is 0.333. The standard InChI is InChI=1S/C30H35ClFN3O5S/c1-4-6-19-33-30(37)22(3)34(20-23-9-7-8-10-28(23)31)29(36)21-35(25-13-15-26(16-14-25)40-5-2)41(38,39)27-17-11-24(32)12-18-27/h7-18,22H,4-6,19-21H2,1-3H3,(H,33,37). The quantitative estimate of drug-likeness (QED) is 0.249. The Balaban J connectivity index is 2.01. The zero-order chi connectivity index (χ0) is 30.0. The molecule has 1 atom stereocenters. The summed E-state index contributed by atoms with van der Waals surface area (Å²) < 4.78 is 47.6. The van der Waals surface area contributed by atoms with Gasteiger partial charge in [-0.2, -0.15) is 0 Å². The van der Waals surface area contributed by atoms with Crippen molar-refractivity contribution in [2.24, 2.45) is 0 Å². The number of hydrogen-bond acceptors (Lipinski definition) is 5. The highest BCUT2D eigenvalue weighted by molar-refractivity contribution is 7.92. The van der Waals surface area contributed by atoms with Gasteiger partial charge in [-0.05, 0) is 80.4 Å². The predicted molar refractivity (Wildman–Crippen MR) is 158 cm³/mol. The molecule has 0 saturated carbocycles. The van der Waals surface area contributed by atoms with Gasteiger partial charge in [0.25, 0.3) is 10.0 Å². The molecule has 3 aromatic carbocycles. The number of hydrogen-bond donors (Lipinski definition) is 1. The van der Waals surface area contributed by atoms with Gasteiger partial charge in [0.15, 0.2) is 0 Å². The zero-order valence-corrected chi connectivity index (χ0v) is 24.9. The molecule has 3 aromatic rings. The van der Waals surface area contributed by atoms with E-state index in [4.69, 9.17) is 16.3 Å². The summed E-state index contributed by atoms with van der Waals surface area (Å²) in [6, 6.07) is 16.6. The highest BCUT2D eigenvalue weighted by Gasteiger charge is 2.32. The van der Waals surface area contributed by atoms with Gasteiger partial charge in [-0.1, -0.05) is 43.1 Å². The summed E-state index contributed by atoms with van der Waals surface area (Å²) in [6.07, 6.45) is 1.66. The molecule has 0 spiro atoms. The molecule has 0 aliphatic carbocycles. The second-order valence-electron chi connectivity index (χ2n) is 9.33. The van der Waals surface area contributed by atoms with E-state index in [2.05, 4.69) is 5.32 Å². The largest absolute Gasteiger partial charge is 0.494 e. The highest BCUT2D eigenvalue weighted by atomic mass is 35.5. The highest BCUT2D eigenvalue weighted by Crippen LogP contribution is 2.27. The van der Waals surface area contributed by atoms with E-state index in [9.17, 15) is 22.4 Å². The lowest BCUT2D eigenvalue weighted by atomic mass is 10.1. The Kier molecular flexibility index (Phi) is 11.5. The number of ether oxygens (including phenoxy) is 1. The Morgan fingerprint density at radius 1 is 1.00 bits per heavy atom. The van der Waals surface area contributed by atoms with Crippen LogP contribution < -0.4 is 14.4 Å². The van der Waals surface area contributed by atoms with Crippen molar-refractivity contribution in [3.8, 4) is 5.75 Å². The van der Waals surface area contributed by atoms with Crippen molar-refractivity contribution in [1.82, 2.24) is 10.2 Å². The number of anilines is 1. The first-order valence-electron chi connectivity index (χ1n) is 13.4. The summed E-state index contributed by atoms with van der Waals surface area (Å²) in [4.78, 5) is 28.1. The first-order valence-corrected chi connectivity index (χ1v) is 15.2. The van der Waals surface area contributed by atoms with Crippen molar-refractivity contribution in [3.63, 3.8) is 0 Å². The number of benzene rings is 3. The molecule has 0 fully saturated rings. The lowest BCUT2D eigenvalue weighted by Gasteiger charge is -2.32. The van der Waals surface area contributed by atoms with E-state index in [0.717, 1.165) is 41.4 Å². The fourth-order valence-corrected chi connectivity index (χ4v) is 5.68. The van der Waals surface area contributed by atoms with Crippen LogP contribution in [0.5, 0.6) is 5.75 Å². The van der Waals surface area contributed by atoms with Crippen LogP contribution in [0, 0.1) is 5.82 Å². The Bertz CT molecular complexity index is 1420. The minimum atomic E-state index is -4.32. The summed E-state index contributed by atoms with van der Waals surface area (Å²) >= 11 is 6.38. The number of unbranched alkanes of at least 4 members (excludes halogenated alkanes) is 1. The number of rotatable bonds is 14. The third-order valence-corrected chi connectivity index (χ3v) is 8.57. The van der Waals surface area contributed by atoms with Crippen LogP contribution in [-0.2, 0) is 26.2 Å². The maximum Gasteiger partial charge on any atom is 0.264 e. The number of carbonyl (C=O) groups is 2. The summed E-state index contributed by atoms with van der Waals surface area (Å²) in [6.45, 7) is 5.64. The molecular formula is C30H35ClFN3O5S. The van der Waals surface area contributed by atoms with Crippen molar-refractivity contribution in [2.45, 2.75) is 51.1 Å². The lowest BCUT2D eigenvalue weighted by molar-refractivity contribution is -0.139. The van der Waals surface area contributed by atoms with Gasteiger partial charge in [-0.3, -0.25) is 13.9 Å². The van der Waals surface area contributed by atoms with E-state index < -0.39 is 34.3 Å². The number of sulfonamides is 1. The van der Waals surface area contributed by atoms with Crippen molar-refractivity contribution < 1.29 is 27.1 Å². The van der Waals surface area contributed by atoms with Gasteiger partial charge in [0.1, 0.15) is 24.2 Å². The number of carbonyl (C=O) groups excluding carboxylic acids is 2. The van der Waals surface area contributed by atoms with Crippen LogP contribution in [0.1, 0.15) is 39.2 Å². The number of amides is 2. The summed E-state index contributed by atoms with van der Waals surface area (Å²) in [5, 5.41) is 3.25. The molecule has 0 aliphatic heterocycles. The molecule has 0 radical (unpaired) electrons. The molecule has 1 unspecified atom stereocenters. The molecule has 11 heteroatoms. The summed E-state index contributed by atoms with van der Waals surface area (Å²) in [7, 11) is -4.32. The Labute approximate surface area is 246 Å². The average Bonchev–Trinajstić information content (AvgIpc) is 2.96. The molecule has 220 valence electrons. The third-order valence-electron chi connectivity index (χ3n) is 6.41. The van der Waals surface area contributed by atoms with Crippen LogP contribution >= 0.6 is 11.6 Å². The van der Waals surface area contributed by atoms with Gasteiger partial charge in [0, 0.05) is 18.1 Å². The van der Waals surface area contributed by atoms with E-state index >= 15 is 0 Å². The molecule has 0 saturated heterocycles. The van der Waals surface area contributed by atoms with Crippen LogP contribution in [0.25, 0.3) is 0 Å². The number of nitrogens with zero attached hydrogens (tertiary/aromatic N) is 2. The van der Waals surface area contributed by atoms with Crippen LogP contribution in [-0.4, -0.2) is 50.9 Å². The first-order chi connectivity index (χ1) is 19.6. The Morgan fingerprint density at radius 2 is 1.66 bits per heavy atom. The van der Waals surface area contributed by atoms with Gasteiger partial charge in [0.05, 0.1) is 17.2 Å². The van der Waals surface area contributed by atoms with Crippen molar-refractivity contribution >= 4 is 39.1 Å². The van der Waals surface area contributed by atoms with Crippen LogP contribution in [0.15, 0.2) is 77.7 Å². The molecule has 41 heavy (non-hydrogen) atoms. The maximum absolute atomic E-state index is 13.9. The molecule has 2 amide bonds. The molecule has 0 bridgehead atoms. The summed E-state index contributed by atoms with van der Waals surface area (Å²) in [5.74, 6) is -1.06.